The molecule has 1 atom stereocenters. The van der Waals surface area contributed by atoms with Gasteiger partial charge in [0, 0.05) is 18.4 Å². The van der Waals surface area contributed by atoms with E-state index in [2.05, 4.69) is 41.5 Å². The van der Waals surface area contributed by atoms with Crippen molar-refractivity contribution >= 4 is 11.6 Å². The van der Waals surface area contributed by atoms with Gasteiger partial charge in [0.1, 0.15) is 0 Å². The monoisotopic (exact) mass is 260 g/mol. The summed E-state index contributed by atoms with van der Waals surface area (Å²) in [4.78, 5) is 4.01. The molecule has 3 heteroatoms. The fraction of sp³-hybridized carbons (Fsp3) is 0.267. The van der Waals surface area contributed by atoms with Gasteiger partial charge < -0.3 is 5.32 Å². The van der Waals surface area contributed by atoms with E-state index in [9.17, 15) is 0 Å². The van der Waals surface area contributed by atoms with Gasteiger partial charge in [-0.15, -0.1) is 0 Å². The molecule has 0 saturated carbocycles. The van der Waals surface area contributed by atoms with E-state index >= 15 is 0 Å². The first-order chi connectivity index (χ1) is 8.70. The average Bonchev–Trinajstić information content (AvgIpc) is 2.38. The molecule has 0 aliphatic heterocycles. The number of pyridine rings is 1. The molecule has 94 valence electrons. The molecule has 18 heavy (non-hydrogen) atoms. The number of nitrogens with zero attached hydrogens (tertiary/aromatic N) is 1. The molecule has 1 aromatic carbocycles. The topological polar surface area (TPSA) is 24.9 Å². The number of aryl methyl sites for hydroxylation is 1. The van der Waals surface area contributed by atoms with Crippen molar-refractivity contribution in [1.29, 1.82) is 0 Å². The minimum absolute atomic E-state index is 0.268. The van der Waals surface area contributed by atoms with Crippen molar-refractivity contribution < 1.29 is 0 Å². The van der Waals surface area contributed by atoms with Crippen LogP contribution in [0.3, 0.4) is 0 Å². The van der Waals surface area contributed by atoms with Gasteiger partial charge in [0.15, 0.2) is 0 Å². The van der Waals surface area contributed by atoms with Gasteiger partial charge >= 0.3 is 0 Å². The summed E-state index contributed by atoms with van der Waals surface area (Å²) in [6, 6.07) is 10.8. The molecule has 1 aromatic heterocycles. The molecule has 0 radical (unpaired) electrons. The van der Waals surface area contributed by atoms with Gasteiger partial charge in [-0.1, -0.05) is 41.4 Å². The van der Waals surface area contributed by atoms with Crippen LogP contribution < -0.4 is 5.32 Å². The molecule has 0 fully saturated rings. The first-order valence-electron chi connectivity index (χ1n) is 6.03. The summed E-state index contributed by atoms with van der Waals surface area (Å²) in [7, 11) is 1.97. The van der Waals surface area contributed by atoms with Gasteiger partial charge in [0.25, 0.3) is 0 Å². The summed E-state index contributed by atoms with van der Waals surface area (Å²) in [6.07, 6.45) is 4.34. The van der Waals surface area contributed by atoms with E-state index < -0.39 is 0 Å². The minimum atomic E-state index is 0.268. The van der Waals surface area contributed by atoms with E-state index in [-0.39, 0.29) is 6.04 Å². The Hall–Kier alpha value is -1.38. The zero-order valence-electron chi connectivity index (χ0n) is 10.7. The number of rotatable bonds is 4. The van der Waals surface area contributed by atoms with Crippen molar-refractivity contribution in [1.82, 2.24) is 10.3 Å². The SMILES string of the molecule is CNC(Cc1ccncc1Cl)c1cccc(C)c1. The van der Waals surface area contributed by atoms with E-state index in [0.29, 0.717) is 0 Å². The van der Waals surface area contributed by atoms with Crippen LogP contribution in [0.5, 0.6) is 0 Å². The molecular weight excluding hydrogens is 244 g/mol. The normalized spacial score (nSPS) is 12.4. The minimum Gasteiger partial charge on any atom is -0.313 e. The van der Waals surface area contributed by atoms with Gasteiger partial charge in [-0.2, -0.15) is 0 Å². The fourth-order valence-electron chi connectivity index (χ4n) is 2.06. The molecule has 2 aromatic rings. The second-order valence-electron chi connectivity index (χ2n) is 4.43. The molecule has 0 bridgehead atoms. The summed E-state index contributed by atoms with van der Waals surface area (Å²) in [5.74, 6) is 0. The molecule has 2 rings (SSSR count). The first kappa shape index (κ1) is 13.1. The molecule has 0 saturated heterocycles. The highest BCUT2D eigenvalue weighted by Gasteiger charge is 2.12. The molecule has 0 aliphatic rings. The Morgan fingerprint density at radius 3 is 2.83 bits per heavy atom. The maximum atomic E-state index is 6.15. The van der Waals surface area contributed by atoms with Crippen molar-refractivity contribution in [3.63, 3.8) is 0 Å². The third-order valence-electron chi connectivity index (χ3n) is 3.07. The Morgan fingerprint density at radius 1 is 1.33 bits per heavy atom. The fourth-order valence-corrected chi connectivity index (χ4v) is 2.26. The lowest BCUT2D eigenvalue weighted by atomic mass is 9.98. The van der Waals surface area contributed by atoms with Crippen molar-refractivity contribution in [3.8, 4) is 0 Å². The van der Waals surface area contributed by atoms with Crippen LogP contribution >= 0.6 is 11.6 Å². The Balaban J connectivity index is 2.23. The zero-order chi connectivity index (χ0) is 13.0. The second-order valence-corrected chi connectivity index (χ2v) is 4.83. The molecule has 1 unspecified atom stereocenters. The highest BCUT2D eigenvalue weighted by Crippen LogP contribution is 2.23. The van der Waals surface area contributed by atoms with E-state index in [1.54, 1.807) is 12.4 Å². The predicted molar refractivity (Wildman–Crippen MR) is 75.9 cm³/mol. The quantitative estimate of drug-likeness (QED) is 0.910. The standard InChI is InChI=1S/C15H17ClN2/c1-11-4-3-5-13(8-11)15(17-2)9-12-6-7-18-10-14(12)16/h3-8,10,15,17H,9H2,1-2H3. The summed E-state index contributed by atoms with van der Waals surface area (Å²) in [5, 5.41) is 4.07. The molecular formula is C15H17ClN2. The average molecular weight is 261 g/mol. The van der Waals surface area contributed by atoms with Crippen molar-refractivity contribution in [2.75, 3.05) is 7.05 Å². The second kappa shape index (κ2) is 5.98. The molecule has 0 amide bonds. The van der Waals surface area contributed by atoms with Crippen LogP contribution in [0, 0.1) is 6.92 Å². The highest BCUT2D eigenvalue weighted by molar-refractivity contribution is 6.31. The molecule has 1 N–H and O–H groups in total. The van der Waals surface area contributed by atoms with Gasteiger partial charge in [-0.3, -0.25) is 4.98 Å². The molecule has 2 nitrogen and oxygen atoms in total. The number of hydrogen-bond donors (Lipinski definition) is 1. The molecule has 0 aliphatic carbocycles. The number of likely N-dealkylation sites (N-methyl/N-ethyl adjacent to an activating group) is 1. The smallest absolute Gasteiger partial charge is 0.0622 e. The third kappa shape index (κ3) is 3.09. The Kier molecular flexibility index (Phi) is 4.34. The van der Waals surface area contributed by atoms with Crippen LogP contribution in [-0.4, -0.2) is 12.0 Å². The first-order valence-corrected chi connectivity index (χ1v) is 6.40. The largest absolute Gasteiger partial charge is 0.313 e. The van der Waals surface area contributed by atoms with Crippen LogP contribution in [-0.2, 0) is 6.42 Å². The van der Waals surface area contributed by atoms with Crippen LogP contribution in [0.25, 0.3) is 0 Å². The lowest BCUT2D eigenvalue weighted by Gasteiger charge is -2.17. The Bertz CT molecular complexity index is 525. The highest BCUT2D eigenvalue weighted by atomic mass is 35.5. The van der Waals surface area contributed by atoms with E-state index in [1.165, 1.54) is 11.1 Å². The number of hydrogen-bond acceptors (Lipinski definition) is 2. The number of aromatic nitrogens is 1. The van der Waals surface area contributed by atoms with Gasteiger partial charge in [-0.05, 0) is 37.6 Å². The molecule has 0 spiro atoms. The lowest BCUT2D eigenvalue weighted by molar-refractivity contribution is 0.591. The maximum absolute atomic E-state index is 6.15. The third-order valence-corrected chi connectivity index (χ3v) is 3.41. The molecule has 1 heterocycles. The van der Waals surface area contributed by atoms with Crippen molar-refractivity contribution in [2.24, 2.45) is 0 Å². The van der Waals surface area contributed by atoms with Crippen LogP contribution in [0.4, 0.5) is 0 Å². The van der Waals surface area contributed by atoms with Crippen molar-refractivity contribution in [3.05, 3.63) is 64.4 Å². The van der Waals surface area contributed by atoms with Crippen molar-refractivity contribution in [2.45, 2.75) is 19.4 Å². The summed E-state index contributed by atoms with van der Waals surface area (Å²) < 4.78 is 0. The summed E-state index contributed by atoms with van der Waals surface area (Å²) >= 11 is 6.15. The maximum Gasteiger partial charge on any atom is 0.0622 e. The van der Waals surface area contributed by atoms with Gasteiger partial charge in [-0.25, -0.2) is 0 Å². The Labute approximate surface area is 113 Å². The van der Waals surface area contributed by atoms with Gasteiger partial charge in [0.05, 0.1) is 5.02 Å². The van der Waals surface area contributed by atoms with E-state index in [0.717, 1.165) is 17.0 Å². The Morgan fingerprint density at radius 2 is 2.17 bits per heavy atom. The predicted octanol–water partition coefficient (Wildman–Crippen LogP) is 3.55. The number of halogens is 1. The van der Waals surface area contributed by atoms with Crippen LogP contribution in [0.2, 0.25) is 5.02 Å². The lowest BCUT2D eigenvalue weighted by Crippen LogP contribution is -2.19. The zero-order valence-corrected chi connectivity index (χ0v) is 11.4. The van der Waals surface area contributed by atoms with E-state index in [1.807, 2.05) is 13.1 Å². The summed E-state index contributed by atoms with van der Waals surface area (Å²) in [5.41, 5.74) is 3.67. The van der Waals surface area contributed by atoms with Gasteiger partial charge in [0.2, 0.25) is 0 Å². The number of benzene rings is 1. The summed E-state index contributed by atoms with van der Waals surface area (Å²) in [6.45, 7) is 2.11. The van der Waals surface area contributed by atoms with Crippen LogP contribution in [0.1, 0.15) is 22.7 Å². The number of nitrogens with one attached hydrogen (secondary N) is 1. The van der Waals surface area contributed by atoms with Crippen LogP contribution in [0.15, 0.2) is 42.7 Å². The van der Waals surface area contributed by atoms with E-state index in [4.69, 9.17) is 11.6 Å².